The van der Waals surface area contributed by atoms with E-state index < -0.39 is 18.5 Å². The van der Waals surface area contributed by atoms with Crippen LogP contribution in [0, 0.1) is 0 Å². The molecular formula is C21H21ClN4O4. The first kappa shape index (κ1) is 21.3. The van der Waals surface area contributed by atoms with E-state index in [1.54, 1.807) is 30.3 Å². The highest BCUT2D eigenvalue weighted by Gasteiger charge is 2.13. The summed E-state index contributed by atoms with van der Waals surface area (Å²) in [5, 5.41) is 7.12. The van der Waals surface area contributed by atoms with Gasteiger partial charge < -0.3 is 14.8 Å². The van der Waals surface area contributed by atoms with Gasteiger partial charge in [0, 0.05) is 5.02 Å². The van der Waals surface area contributed by atoms with E-state index in [0.29, 0.717) is 28.1 Å². The Kier molecular flexibility index (Phi) is 7.03. The number of esters is 1. The van der Waals surface area contributed by atoms with Gasteiger partial charge in [-0.1, -0.05) is 37.6 Å². The van der Waals surface area contributed by atoms with Crippen LogP contribution in [0.3, 0.4) is 0 Å². The highest BCUT2D eigenvalue weighted by Crippen LogP contribution is 2.24. The predicted octanol–water partition coefficient (Wildman–Crippen LogP) is 3.60. The number of rotatable bonds is 8. The molecule has 2 aromatic carbocycles. The van der Waals surface area contributed by atoms with E-state index in [0.717, 1.165) is 0 Å². The first-order valence-electron chi connectivity index (χ1n) is 9.25. The van der Waals surface area contributed by atoms with Crippen molar-refractivity contribution in [3.05, 3.63) is 65.7 Å². The van der Waals surface area contributed by atoms with Gasteiger partial charge >= 0.3 is 5.97 Å². The van der Waals surface area contributed by atoms with Gasteiger partial charge in [-0.25, -0.2) is 14.5 Å². The number of hydrogen-bond acceptors (Lipinski definition) is 6. The molecule has 0 atom stereocenters. The van der Waals surface area contributed by atoms with Crippen molar-refractivity contribution in [1.29, 1.82) is 0 Å². The van der Waals surface area contributed by atoms with Crippen LogP contribution in [0.5, 0.6) is 5.75 Å². The SMILES string of the molecule is CC(C)c1ccc(OCC(=O)OCC(=O)Nc2cc(Cl)ccc2-n2cncn2)cc1. The number of benzene rings is 2. The maximum atomic E-state index is 12.2. The molecule has 1 amide bonds. The second-order valence-electron chi connectivity index (χ2n) is 6.72. The standard InChI is InChI=1S/C21H21ClN4O4/c1-14(2)15-3-6-17(7-4-15)29-11-21(28)30-10-20(27)25-18-9-16(22)5-8-19(18)26-13-23-12-24-26/h3-9,12-14H,10-11H2,1-2H3,(H,25,27). The van der Waals surface area contributed by atoms with Gasteiger partial charge in [0.15, 0.2) is 13.2 Å². The van der Waals surface area contributed by atoms with Gasteiger partial charge in [0.2, 0.25) is 0 Å². The molecule has 0 saturated heterocycles. The van der Waals surface area contributed by atoms with Crippen LogP contribution >= 0.6 is 11.6 Å². The summed E-state index contributed by atoms with van der Waals surface area (Å²) in [6.45, 7) is 3.43. The summed E-state index contributed by atoms with van der Waals surface area (Å²) in [6.07, 6.45) is 2.86. The first-order chi connectivity index (χ1) is 14.4. The third-order valence-corrected chi connectivity index (χ3v) is 4.40. The molecule has 1 aromatic heterocycles. The number of nitrogens with one attached hydrogen (secondary N) is 1. The molecule has 1 N–H and O–H groups in total. The lowest BCUT2D eigenvalue weighted by molar-refractivity contribution is -0.149. The Morgan fingerprint density at radius 3 is 2.57 bits per heavy atom. The Morgan fingerprint density at radius 2 is 1.90 bits per heavy atom. The summed E-state index contributed by atoms with van der Waals surface area (Å²) >= 11 is 6.02. The van der Waals surface area contributed by atoms with E-state index in [-0.39, 0.29) is 6.61 Å². The van der Waals surface area contributed by atoms with Crippen LogP contribution in [-0.4, -0.2) is 39.9 Å². The Bertz CT molecular complexity index is 1000. The average Bonchev–Trinajstić information content (AvgIpc) is 3.25. The summed E-state index contributed by atoms with van der Waals surface area (Å²) in [5.74, 6) is -0.210. The zero-order valence-corrected chi connectivity index (χ0v) is 17.3. The lowest BCUT2D eigenvalue weighted by atomic mass is 10.0. The summed E-state index contributed by atoms with van der Waals surface area (Å²) in [6, 6.07) is 12.4. The first-order valence-corrected chi connectivity index (χ1v) is 9.63. The zero-order valence-electron chi connectivity index (χ0n) is 16.5. The number of carbonyl (C=O) groups excluding carboxylic acids is 2. The third-order valence-electron chi connectivity index (χ3n) is 4.17. The topological polar surface area (TPSA) is 95.3 Å². The number of amides is 1. The molecule has 0 unspecified atom stereocenters. The smallest absolute Gasteiger partial charge is 0.344 e. The van der Waals surface area contributed by atoms with Gasteiger partial charge in [-0.05, 0) is 41.8 Å². The Hall–Kier alpha value is -3.39. The molecule has 3 rings (SSSR count). The van der Waals surface area contributed by atoms with E-state index in [2.05, 4.69) is 29.2 Å². The minimum atomic E-state index is -0.652. The maximum Gasteiger partial charge on any atom is 0.344 e. The van der Waals surface area contributed by atoms with Crippen molar-refractivity contribution in [2.24, 2.45) is 0 Å². The van der Waals surface area contributed by atoms with Crippen LogP contribution in [0.1, 0.15) is 25.3 Å². The number of nitrogens with zero attached hydrogens (tertiary/aromatic N) is 3. The summed E-state index contributed by atoms with van der Waals surface area (Å²) < 4.78 is 11.9. The number of aromatic nitrogens is 3. The molecule has 0 aliphatic heterocycles. The Balaban J connectivity index is 1.50. The average molecular weight is 429 g/mol. The van der Waals surface area contributed by atoms with Crippen molar-refractivity contribution in [1.82, 2.24) is 14.8 Å². The second kappa shape index (κ2) is 9.89. The van der Waals surface area contributed by atoms with Crippen molar-refractivity contribution in [2.75, 3.05) is 18.5 Å². The number of halogens is 1. The summed E-state index contributed by atoms with van der Waals surface area (Å²) in [4.78, 5) is 28.0. The largest absolute Gasteiger partial charge is 0.482 e. The molecule has 0 fully saturated rings. The molecule has 0 aliphatic carbocycles. The van der Waals surface area contributed by atoms with Crippen molar-refractivity contribution >= 4 is 29.2 Å². The highest BCUT2D eigenvalue weighted by molar-refractivity contribution is 6.31. The van der Waals surface area contributed by atoms with Gasteiger partial charge in [0.25, 0.3) is 5.91 Å². The fourth-order valence-corrected chi connectivity index (χ4v) is 2.78. The van der Waals surface area contributed by atoms with Crippen molar-refractivity contribution in [3.63, 3.8) is 0 Å². The predicted molar refractivity (Wildman–Crippen MR) is 112 cm³/mol. The maximum absolute atomic E-state index is 12.2. The van der Waals surface area contributed by atoms with E-state index in [1.807, 2.05) is 12.1 Å². The minimum absolute atomic E-state index is 0.296. The number of ether oxygens (including phenoxy) is 2. The molecule has 9 heteroatoms. The number of anilines is 1. The van der Waals surface area contributed by atoms with E-state index in [4.69, 9.17) is 21.1 Å². The molecule has 0 saturated carbocycles. The monoisotopic (exact) mass is 428 g/mol. The van der Waals surface area contributed by atoms with Crippen LogP contribution in [0.4, 0.5) is 5.69 Å². The Morgan fingerprint density at radius 1 is 1.13 bits per heavy atom. The van der Waals surface area contributed by atoms with Crippen molar-refractivity contribution in [2.45, 2.75) is 19.8 Å². The Labute approximate surface area is 178 Å². The summed E-state index contributed by atoms with van der Waals surface area (Å²) in [7, 11) is 0. The lowest BCUT2D eigenvalue weighted by Gasteiger charge is -2.12. The van der Waals surface area contributed by atoms with Gasteiger partial charge in [-0.15, -0.1) is 0 Å². The molecule has 0 spiro atoms. The molecular weight excluding hydrogens is 408 g/mol. The molecule has 156 valence electrons. The fourth-order valence-electron chi connectivity index (χ4n) is 2.61. The van der Waals surface area contributed by atoms with Gasteiger partial charge in [-0.3, -0.25) is 4.79 Å². The molecule has 1 heterocycles. The highest BCUT2D eigenvalue weighted by atomic mass is 35.5. The fraction of sp³-hybridized carbons (Fsp3) is 0.238. The molecule has 0 aliphatic rings. The van der Waals surface area contributed by atoms with Crippen LogP contribution in [0.2, 0.25) is 5.02 Å². The van der Waals surface area contributed by atoms with Gasteiger partial charge in [0.1, 0.15) is 18.4 Å². The molecule has 0 bridgehead atoms. The number of hydrogen-bond donors (Lipinski definition) is 1. The second-order valence-corrected chi connectivity index (χ2v) is 7.16. The van der Waals surface area contributed by atoms with Crippen LogP contribution < -0.4 is 10.1 Å². The molecule has 3 aromatic rings. The normalized spacial score (nSPS) is 10.7. The number of carbonyl (C=O) groups is 2. The van der Waals surface area contributed by atoms with Crippen LogP contribution in [0.15, 0.2) is 55.1 Å². The van der Waals surface area contributed by atoms with E-state index in [9.17, 15) is 9.59 Å². The third kappa shape index (κ3) is 5.81. The van der Waals surface area contributed by atoms with Gasteiger partial charge in [-0.2, -0.15) is 5.10 Å². The quantitative estimate of drug-likeness (QED) is 0.551. The molecule has 8 nitrogen and oxygen atoms in total. The minimum Gasteiger partial charge on any atom is -0.482 e. The van der Waals surface area contributed by atoms with Crippen molar-refractivity contribution < 1.29 is 19.1 Å². The summed E-state index contributed by atoms with van der Waals surface area (Å²) in [5.41, 5.74) is 2.16. The van der Waals surface area contributed by atoms with Crippen LogP contribution in [-0.2, 0) is 14.3 Å². The molecule has 0 radical (unpaired) electrons. The molecule has 30 heavy (non-hydrogen) atoms. The van der Waals surface area contributed by atoms with E-state index in [1.165, 1.54) is 22.9 Å². The van der Waals surface area contributed by atoms with Crippen molar-refractivity contribution in [3.8, 4) is 11.4 Å². The van der Waals surface area contributed by atoms with Crippen LogP contribution in [0.25, 0.3) is 5.69 Å². The zero-order chi connectivity index (χ0) is 21.5. The van der Waals surface area contributed by atoms with Gasteiger partial charge in [0.05, 0.1) is 11.4 Å². The van der Waals surface area contributed by atoms with E-state index >= 15 is 0 Å². The lowest BCUT2D eigenvalue weighted by Crippen LogP contribution is -2.24.